The Morgan fingerprint density at radius 3 is 2.62 bits per heavy atom. The number of amides is 2. The lowest BCUT2D eigenvalue weighted by atomic mass is 10.3. The van der Waals surface area contributed by atoms with Crippen LogP contribution in [0.5, 0.6) is 0 Å². The number of hydrogen-bond acceptors (Lipinski definition) is 4. The van der Waals surface area contributed by atoms with Gasteiger partial charge in [-0.15, -0.1) is 0 Å². The average Bonchev–Trinajstić information content (AvgIpc) is 2.31. The largest absolute Gasteiger partial charge is 0.530 e. The quantitative estimate of drug-likeness (QED) is 0.591. The summed E-state index contributed by atoms with van der Waals surface area (Å²) in [7, 11) is 1.66. The molecule has 6 nitrogen and oxygen atoms in total. The van der Waals surface area contributed by atoms with Crippen molar-refractivity contribution in [2.24, 2.45) is 7.05 Å². The smallest absolute Gasteiger partial charge is 0.277 e. The van der Waals surface area contributed by atoms with Crippen molar-refractivity contribution in [3.8, 4) is 0 Å². The molecule has 0 aliphatic carbocycles. The zero-order chi connectivity index (χ0) is 10.0. The Hall–Kier alpha value is -1.85. The highest BCUT2D eigenvalue weighted by atomic mass is 16.4. The Balaban J connectivity index is 2.83. The Labute approximate surface area is 74.2 Å². The summed E-state index contributed by atoms with van der Waals surface area (Å²) in [6.45, 7) is 1.75. The number of imide groups is 1. The summed E-state index contributed by atoms with van der Waals surface area (Å²) >= 11 is 0. The molecule has 1 heterocycles. The molecule has 6 heteroatoms. The van der Waals surface area contributed by atoms with Gasteiger partial charge in [0.05, 0.1) is 0 Å². The molecule has 70 valence electrons. The number of nitrogens with one attached hydrogen (secondary N) is 1. The van der Waals surface area contributed by atoms with E-state index in [0.717, 1.165) is 5.69 Å². The number of carbonyl (C=O) groups is 2. The topological polar surface area (TPSA) is 87.1 Å². The van der Waals surface area contributed by atoms with E-state index in [9.17, 15) is 14.7 Å². The maximum Gasteiger partial charge on any atom is 0.277 e. The molecule has 0 aromatic carbocycles. The normalized spacial score (nSPS) is 9.69. The maximum atomic E-state index is 11.0. The van der Waals surface area contributed by atoms with Crippen molar-refractivity contribution in [2.75, 3.05) is 0 Å². The van der Waals surface area contributed by atoms with Gasteiger partial charge in [0, 0.05) is 12.7 Å². The highest BCUT2D eigenvalue weighted by molar-refractivity contribution is 6.00. The Morgan fingerprint density at radius 1 is 1.62 bits per heavy atom. The Kier molecular flexibility index (Phi) is 2.32. The molecule has 0 radical (unpaired) electrons. The zero-order valence-electron chi connectivity index (χ0n) is 7.20. The van der Waals surface area contributed by atoms with Crippen LogP contribution in [0.4, 0.5) is 4.79 Å². The predicted octanol–water partition coefficient (Wildman–Crippen LogP) is -1.20. The predicted molar refractivity (Wildman–Crippen MR) is 40.8 cm³/mol. The standard InChI is InChI=1S/C7H9N3O3/c1-4-3-5(9-10(4)2)6(11)8-7(12)13/h3H,1-2H3,(H,8,11)(H,12,13)/p-1. The molecule has 0 unspecified atom stereocenters. The fraction of sp³-hybridized carbons (Fsp3) is 0.286. The first kappa shape index (κ1) is 9.24. The number of carbonyl (C=O) groups excluding carboxylic acids is 2. The fourth-order valence-electron chi connectivity index (χ4n) is 0.828. The second-order valence-electron chi connectivity index (χ2n) is 2.54. The van der Waals surface area contributed by atoms with Crippen molar-refractivity contribution >= 4 is 12.0 Å². The second-order valence-corrected chi connectivity index (χ2v) is 2.54. The number of carboxylic acid groups (broad SMARTS) is 1. The van der Waals surface area contributed by atoms with Gasteiger partial charge < -0.3 is 15.2 Å². The van der Waals surface area contributed by atoms with Crippen molar-refractivity contribution < 1.29 is 14.7 Å². The third-order valence-electron chi connectivity index (χ3n) is 1.56. The minimum absolute atomic E-state index is 0.0594. The Bertz CT molecular complexity index is 336. The lowest BCUT2D eigenvalue weighted by molar-refractivity contribution is -0.249. The van der Waals surface area contributed by atoms with E-state index in [1.165, 1.54) is 10.7 Å². The molecule has 1 N–H and O–H groups in total. The lowest BCUT2D eigenvalue weighted by Gasteiger charge is -2.00. The van der Waals surface area contributed by atoms with E-state index >= 15 is 0 Å². The summed E-state index contributed by atoms with van der Waals surface area (Å²) < 4.78 is 1.48. The molecule has 13 heavy (non-hydrogen) atoms. The van der Waals surface area contributed by atoms with Gasteiger partial charge in [0.1, 0.15) is 6.09 Å². The van der Waals surface area contributed by atoms with Crippen molar-refractivity contribution in [2.45, 2.75) is 6.92 Å². The molecule has 0 spiro atoms. The van der Waals surface area contributed by atoms with Crippen LogP contribution in [0.2, 0.25) is 0 Å². The van der Waals surface area contributed by atoms with Crippen molar-refractivity contribution in [1.82, 2.24) is 15.1 Å². The summed E-state index contributed by atoms with van der Waals surface area (Å²) in [6, 6.07) is 1.48. The van der Waals surface area contributed by atoms with Crippen LogP contribution >= 0.6 is 0 Å². The van der Waals surface area contributed by atoms with Crippen molar-refractivity contribution in [3.05, 3.63) is 17.5 Å². The summed E-state index contributed by atoms with van der Waals surface area (Å²) in [5.74, 6) is -0.774. The molecule has 0 aliphatic rings. The first-order chi connectivity index (χ1) is 6.00. The molecule has 0 aliphatic heterocycles. The van der Waals surface area contributed by atoms with Gasteiger partial charge in [0.2, 0.25) is 0 Å². The van der Waals surface area contributed by atoms with Gasteiger partial charge in [-0.2, -0.15) is 5.10 Å². The summed E-state index contributed by atoms with van der Waals surface area (Å²) in [5.41, 5.74) is 0.827. The van der Waals surface area contributed by atoms with Gasteiger partial charge in [-0.1, -0.05) is 0 Å². The summed E-state index contributed by atoms with van der Waals surface area (Å²) in [4.78, 5) is 21.0. The van der Waals surface area contributed by atoms with E-state index < -0.39 is 12.0 Å². The molecular formula is C7H8N3O3-. The SMILES string of the molecule is Cc1cc(C(=O)NC(=O)[O-])nn1C. The molecule has 0 bridgehead atoms. The molecule has 1 rings (SSSR count). The van der Waals surface area contributed by atoms with Gasteiger partial charge in [0.15, 0.2) is 5.69 Å². The summed E-state index contributed by atoms with van der Waals surface area (Å²) in [6.07, 6.45) is -1.63. The van der Waals surface area contributed by atoms with Gasteiger partial charge in [-0.05, 0) is 13.0 Å². The van der Waals surface area contributed by atoms with Crippen LogP contribution in [0.3, 0.4) is 0 Å². The van der Waals surface area contributed by atoms with Gasteiger partial charge in [-0.25, -0.2) is 0 Å². The molecular weight excluding hydrogens is 174 g/mol. The Morgan fingerprint density at radius 2 is 2.23 bits per heavy atom. The van der Waals surface area contributed by atoms with Gasteiger partial charge in [0.25, 0.3) is 5.91 Å². The van der Waals surface area contributed by atoms with Crippen LogP contribution < -0.4 is 10.4 Å². The zero-order valence-corrected chi connectivity index (χ0v) is 7.20. The molecule has 0 atom stereocenters. The number of nitrogens with zero attached hydrogens (tertiary/aromatic N) is 2. The number of rotatable bonds is 1. The van der Waals surface area contributed by atoms with Crippen LogP contribution in [0.25, 0.3) is 0 Å². The minimum atomic E-state index is -1.63. The van der Waals surface area contributed by atoms with Crippen LogP contribution in [-0.2, 0) is 7.05 Å². The fourth-order valence-corrected chi connectivity index (χ4v) is 0.828. The third kappa shape index (κ3) is 2.05. The lowest BCUT2D eigenvalue weighted by Crippen LogP contribution is -2.40. The molecule has 0 saturated carbocycles. The molecule has 1 aromatic heterocycles. The van der Waals surface area contributed by atoms with Crippen molar-refractivity contribution in [3.63, 3.8) is 0 Å². The summed E-state index contributed by atoms with van der Waals surface area (Å²) in [5, 5.41) is 15.4. The molecule has 0 saturated heterocycles. The first-order valence-corrected chi connectivity index (χ1v) is 3.53. The van der Waals surface area contributed by atoms with E-state index in [1.54, 1.807) is 19.3 Å². The highest BCUT2D eigenvalue weighted by Crippen LogP contribution is 2.00. The van der Waals surface area contributed by atoms with Crippen LogP contribution in [-0.4, -0.2) is 21.8 Å². The van der Waals surface area contributed by atoms with E-state index in [1.807, 2.05) is 0 Å². The van der Waals surface area contributed by atoms with E-state index in [4.69, 9.17) is 0 Å². The van der Waals surface area contributed by atoms with E-state index in [-0.39, 0.29) is 5.69 Å². The van der Waals surface area contributed by atoms with E-state index in [2.05, 4.69) is 5.10 Å². The third-order valence-corrected chi connectivity index (χ3v) is 1.56. The van der Waals surface area contributed by atoms with Gasteiger partial charge in [-0.3, -0.25) is 9.48 Å². The van der Waals surface area contributed by atoms with Crippen molar-refractivity contribution in [1.29, 1.82) is 0 Å². The van der Waals surface area contributed by atoms with E-state index in [0.29, 0.717) is 0 Å². The minimum Gasteiger partial charge on any atom is -0.530 e. The molecule has 1 aromatic rings. The second kappa shape index (κ2) is 3.26. The first-order valence-electron chi connectivity index (χ1n) is 3.53. The average molecular weight is 182 g/mol. The molecule has 0 fully saturated rings. The molecule has 2 amide bonds. The number of aromatic nitrogens is 2. The number of hydrogen-bond donors (Lipinski definition) is 1. The number of aryl methyl sites for hydroxylation is 2. The van der Waals surface area contributed by atoms with Crippen LogP contribution in [0, 0.1) is 6.92 Å². The highest BCUT2D eigenvalue weighted by Gasteiger charge is 2.09. The monoisotopic (exact) mass is 182 g/mol. The van der Waals surface area contributed by atoms with Gasteiger partial charge >= 0.3 is 0 Å². The van der Waals surface area contributed by atoms with Crippen LogP contribution in [0.15, 0.2) is 6.07 Å². The maximum absolute atomic E-state index is 11.0. The van der Waals surface area contributed by atoms with Crippen LogP contribution in [0.1, 0.15) is 16.2 Å².